The number of nitrogens with zero attached hydrogens (tertiary/aromatic N) is 2. The summed E-state index contributed by atoms with van der Waals surface area (Å²) in [6.07, 6.45) is 4.91. The number of guanidine groups is 1. The molecule has 0 saturated heterocycles. The number of anilines is 1. The molecule has 1 aromatic carbocycles. The minimum Gasteiger partial charge on any atom is -0.356 e. The number of nitrogens with one attached hydrogen (secondary N) is 3. The fourth-order valence-corrected chi connectivity index (χ4v) is 3.75. The molecule has 0 aliphatic heterocycles. The second-order valence-electron chi connectivity index (χ2n) is 5.71. The van der Waals surface area contributed by atoms with E-state index in [1.807, 2.05) is 18.3 Å². The Morgan fingerprint density at radius 3 is 2.63 bits per heavy atom. The average Bonchev–Trinajstić information content (AvgIpc) is 3.05. The lowest BCUT2D eigenvalue weighted by Gasteiger charge is -2.14. The van der Waals surface area contributed by atoms with Crippen molar-refractivity contribution in [3.8, 4) is 0 Å². The number of hydrogen-bond donors (Lipinski definition) is 3. The first-order valence-corrected chi connectivity index (χ1v) is 11.1. The third-order valence-corrected chi connectivity index (χ3v) is 5.36. The van der Waals surface area contributed by atoms with Crippen LogP contribution in [0, 0.1) is 0 Å². The summed E-state index contributed by atoms with van der Waals surface area (Å²) in [6.45, 7) is 3.30. The molecule has 0 aliphatic rings. The maximum atomic E-state index is 11.5. The van der Waals surface area contributed by atoms with Crippen molar-refractivity contribution in [2.24, 2.45) is 4.99 Å². The van der Waals surface area contributed by atoms with E-state index in [0.29, 0.717) is 18.2 Å². The summed E-state index contributed by atoms with van der Waals surface area (Å²) >= 11 is 1.73. The standard InChI is InChI=1S/C17H25N5O2S2.HI/c1-4-14-12-20-16(25-14)9-10-19-17(18-2)21-11-13-7-5-6-8-15(13)22-26(3,23)24;/h5-8,12,22H,4,9-11H2,1-3H3,(H2,18,19,21);1H. The van der Waals surface area contributed by atoms with Gasteiger partial charge in [-0.3, -0.25) is 9.71 Å². The molecule has 10 heteroatoms. The Kier molecular flexibility index (Phi) is 10.0. The predicted octanol–water partition coefficient (Wildman–Crippen LogP) is 2.60. The van der Waals surface area contributed by atoms with Crippen LogP contribution in [0.1, 0.15) is 22.4 Å². The van der Waals surface area contributed by atoms with E-state index in [2.05, 4.69) is 32.3 Å². The summed E-state index contributed by atoms with van der Waals surface area (Å²) < 4.78 is 25.5. The smallest absolute Gasteiger partial charge is 0.229 e. The summed E-state index contributed by atoms with van der Waals surface area (Å²) in [6, 6.07) is 7.27. The van der Waals surface area contributed by atoms with Gasteiger partial charge in [0.05, 0.1) is 17.0 Å². The highest BCUT2D eigenvalue weighted by molar-refractivity contribution is 14.0. The maximum absolute atomic E-state index is 11.5. The van der Waals surface area contributed by atoms with Crippen LogP contribution in [-0.4, -0.2) is 39.2 Å². The number of thiazole rings is 1. The molecule has 2 aromatic rings. The summed E-state index contributed by atoms with van der Waals surface area (Å²) in [5.41, 5.74) is 1.40. The molecule has 0 atom stereocenters. The summed E-state index contributed by atoms with van der Waals surface area (Å²) in [5, 5.41) is 7.56. The number of hydrogen-bond acceptors (Lipinski definition) is 5. The lowest BCUT2D eigenvalue weighted by molar-refractivity contribution is 0.606. The van der Waals surface area contributed by atoms with Crippen LogP contribution in [0.3, 0.4) is 0 Å². The van der Waals surface area contributed by atoms with E-state index in [-0.39, 0.29) is 24.0 Å². The van der Waals surface area contributed by atoms with Gasteiger partial charge in [0.1, 0.15) is 0 Å². The van der Waals surface area contributed by atoms with Crippen LogP contribution in [0.15, 0.2) is 35.5 Å². The largest absolute Gasteiger partial charge is 0.356 e. The van der Waals surface area contributed by atoms with Crippen molar-refractivity contribution in [3.05, 3.63) is 45.9 Å². The van der Waals surface area contributed by atoms with Crippen LogP contribution in [0.2, 0.25) is 0 Å². The molecule has 0 bridgehead atoms. The average molecular weight is 523 g/mol. The Morgan fingerprint density at radius 1 is 1.26 bits per heavy atom. The zero-order valence-corrected chi connectivity index (χ0v) is 19.6. The molecule has 27 heavy (non-hydrogen) atoms. The number of aromatic nitrogens is 1. The lowest BCUT2D eigenvalue weighted by Crippen LogP contribution is -2.38. The number of aryl methyl sites for hydroxylation is 1. The van der Waals surface area contributed by atoms with Crippen molar-refractivity contribution in [1.29, 1.82) is 0 Å². The lowest BCUT2D eigenvalue weighted by atomic mass is 10.2. The van der Waals surface area contributed by atoms with Gasteiger partial charge in [0.15, 0.2) is 5.96 Å². The number of para-hydroxylation sites is 1. The topological polar surface area (TPSA) is 95.5 Å². The summed E-state index contributed by atoms with van der Waals surface area (Å²) in [5.74, 6) is 0.659. The van der Waals surface area contributed by atoms with Gasteiger partial charge < -0.3 is 10.6 Å². The molecule has 0 unspecified atom stereocenters. The quantitative estimate of drug-likeness (QED) is 0.281. The molecule has 1 aromatic heterocycles. The van der Waals surface area contributed by atoms with E-state index in [1.54, 1.807) is 30.5 Å². The van der Waals surface area contributed by atoms with E-state index in [9.17, 15) is 8.42 Å². The second-order valence-corrected chi connectivity index (χ2v) is 8.66. The van der Waals surface area contributed by atoms with Crippen LogP contribution in [0.25, 0.3) is 0 Å². The zero-order valence-electron chi connectivity index (χ0n) is 15.7. The molecule has 3 N–H and O–H groups in total. The van der Waals surface area contributed by atoms with Crippen molar-refractivity contribution in [2.75, 3.05) is 24.6 Å². The number of halogens is 1. The van der Waals surface area contributed by atoms with Crippen molar-refractivity contribution < 1.29 is 8.42 Å². The van der Waals surface area contributed by atoms with Gasteiger partial charge in [0.25, 0.3) is 0 Å². The van der Waals surface area contributed by atoms with Crippen LogP contribution >= 0.6 is 35.3 Å². The van der Waals surface area contributed by atoms with Gasteiger partial charge in [-0.15, -0.1) is 35.3 Å². The third-order valence-electron chi connectivity index (χ3n) is 3.56. The molecule has 0 spiro atoms. The van der Waals surface area contributed by atoms with Crippen molar-refractivity contribution in [3.63, 3.8) is 0 Å². The highest BCUT2D eigenvalue weighted by Gasteiger charge is 2.08. The number of benzene rings is 1. The van der Waals surface area contributed by atoms with E-state index in [1.165, 1.54) is 4.88 Å². The Balaban J connectivity index is 0.00000364. The first kappa shape index (κ1) is 23.6. The van der Waals surface area contributed by atoms with Crippen LogP contribution in [0.5, 0.6) is 0 Å². The van der Waals surface area contributed by atoms with Gasteiger partial charge in [-0.1, -0.05) is 25.1 Å². The summed E-state index contributed by atoms with van der Waals surface area (Å²) in [7, 11) is -1.62. The first-order valence-electron chi connectivity index (χ1n) is 8.35. The SMILES string of the molecule is CCc1cnc(CCNC(=NC)NCc2ccccc2NS(C)(=O)=O)s1.I. The molecule has 150 valence electrons. The molecule has 0 aliphatic carbocycles. The Bertz CT molecular complexity index is 853. The minimum atomic E-state index is -3.32. The van der Waals surface area contributed by atoms with Crippen molar-refractivity contribution in [1.82, 2.24) is 15.6 Å². The minimum absolute atomic E-state index is 0. The molecular formula is C17H26IN5O2S2. The Hall–Kier alpha value is -1.40. The van der Waals surface area contributed by atoms with Gasteiger partial charge in [-0.05, 0) is 18.1 Å². The van der Waals surface area contributed by atoms with Gasteiger partial charge in [0.2, 0.25) is 10.0 Å². The fourth-order valence-electron chi connectivity index (χ4n) is 2.29. The molecule has 2 rings (SSSR count). The van der Waals surface area contributed by atoms with Crippen molar-refractivity contribution >= 4 is 57.0 Å². The van der Waals surface area contributed by atoms with Crippen molar-refractivity contribution in [2.45, 2.75) is 26.3 Å². The monoisotopic (exact) mass is 523 g/mol. The molecular weight excluding hydrogens is 497 g/mol. The molecule has 0 radical (unpaired) electrons. The normalized spacial score (nSPS) is 11.6. The Morgan fingerprint density at radius 2 is 2.00 bits per heavy atom. The summed E-state index contributed by atoms with van der Waals surface area (Å²) in [4.78, 5) is 9.89. The van der Waals surface area contributed by atoms with E-state index >= 15 is 0 Å². The Labute approximate surface area is 182 Å². The highest BCUT2D eigenvalue weighted by Crippen LogP contribution is 2.16. The van der Waals surface area contributed by atoms with E-state index in [4.69, 9.17) is 0 Å². The zero-order chi connectivity index (χ0) is 19.0. The van der Waals surface area contributed by atoms with Crippen LogP contribution < -0.4 is 15.4 Å². The van der Waals surface area contributed by atoms with Crippen LogP contribution in [0.4, 0.5) is 5.69 Å². The molecule has 0 saturated carbocycles. The van der Waals surface area contributed by atoms with E-state index in [0.717, 1.165) is 36.2 Å². The van der Waals surface area contributed by atoms with Gasteiger partial charge in [-0.2, -0.15) is 0 Å². The maximum Gasteiger partial charge on any atom is 0.229 e. The van der Waals surface area contributed by atoms with E-state index < -0.39 is 10.0 Å². The highest BCUT2D eigenvalue weighted by atomic mass is 127. The second kappa shape index (κ2) is 11.4. The third kappa shape index (κ3) is 8.43. The van der Waals surface area contributed by atoms with Gasteiger partial charge in [0, 0.05) is 37.6 Å². The number of aliphatic imine (C=N–C) groups is 1. The molecule has 7 nitrogen and oxygen atoms in total. The van der Waals surface area contributed by atoms with Gasteiger partial charge >= 0.3 is 0 Å². The number of sulfonamides is 1. The first-order chi connectivity index (χ1) is 12.4. The molecule has 1 heterocycles. The fraction of sp³-hybridized carbons (Fsp3) is 0.412. The predicted molar refractivity (Wildman–Crippen MR) is 124 cm³/mol. The van der Waals surface area contributed by atoms with Crippen LogP contribution in [-0.2, 0) is 29.4 Å². The van der Waals surface area contributed by atoms with Gasteiger partial charge in [-0.25, -0.2) is 13.4 Å². The molecule has 0 amide bonds. The number of rotatable bonds is 8. The molecule has 0 fully saturated rings.